The smallest absolute Gasteiger partial charge is 0.230 e. The van der Waals surface area contributed by atoms with E-state index < -0.39 is 0 Å². The van der Waals surface area contributed by atoms with Gasteiger partial charge in [0.05, 0.1) is 10.9 Å². The molecule has 1 rings (SSSR count). The molecule has 0 saturated heterocycles. The normalized spacial score (nSPS) is 26.7. The molecule has 0 spiro atoms. The SMILES string of the molecule is CCCC(C(=O)NC1CC1C)C(N)=S. The van der Waals surface area contributed by atoms with Gasteiger partial charge in [0.2, 0.25) is 5.91 Å². The Morgan fingerprint density at radius 3 is 2.64 bits per heavy atom. The van der Waals surface area contributed by atoms with Gasteiger partial charge in [-0.1, -0.05) is 32.5 Å². The van der Waals surface area contributed by atoms with Gasteiger partial charge in [-0.3, -0.25) is 4.79 Å². The maximum Gasteiger partial charge on any atom is 0.230 e. The summed E-state index contributed by atoms with van der Waals surface area (Å²) < 4.78 is 0. The second-order valence-electron chi connectivity index (χ2n) is 4.07. The van der Waals surface area contributed by atoms with Gasteiger partial charge in [-0.05, 0) is 18.8 Å². The van der Waals surface area contributed by atoms with Gasteiger partial charge in [0.1, 0.15) is 0 Å². The molecule has 3 nitrogen and oxygen atoms in total. The number of hydrogen-bond acceptors (Lipinski definition) is 2. The molecule has 0 aromatic heterocycles. The fraction of sp³-hybridized carbons (Fsp3) is 0.800. The topological polar surface area (TPSA) is 55.1 Å². The van der Waals surface area contributed by atoms with Gasteiger partial charge in [0, 0.05) is 6.04 Å². The maximum atomic E-state index is 11.7. The molecule has 0 heterocycles. The summed E-state index contributed by atoms with van der Waals surface area (Å²) in [7, 11) is 0. The van der Waals surface area contributed by atoms with Crippen LogP contribution in [0.15, 0.2) is 0 Å². The van der Waals surface area contributed by atoms with E-state index in [4.69, 9.17) is 18.0 Å². The van der Waals surface area contributed by atoms with E-state index in [2.05, 4.69) is 12.2 Å². The van der Waals surface area contributed by atoms with E-state index in [0.717, 1.165) is 19.3 Å². The predicted octanol–water partition coefficient (Wildman–Crippen LogP) is 1.21. The van der Waals surface area contributed by atoms with Crippen molar-refractivity contribution in [3.63, 3.8) is 0 Å². The summed E-state index contributed by atoms with van der Waals surface area (Å²) in [6.45, 7) is 4.15. The van der Waals surface area contributed by atoms with Crippen LogP contribution in [0.1, 0.15) is 33.1 Å². The molecular formula is C10H18N2OS. The molecule has 1 aliphatic rings. The molecule has 1 aliphatic carbocycles. The minimum atomic E-state index is -0.275. The van der Waals surface area contributed by atoms with Crippen molar-refractivity contribution in [3.05, 3.63) is 0 Å². The van der Waals surface area contributed by atoms with Crippen LogP contribution in [0.4, 0.5) is 0 Å². The summed E-state index contributed by atoms with van der Waals surface area (Å²) >= 11 is 4.88. The largest absolute Gasteiger partial charge is 0.393 e. The summed E-state index contributed by atoms with van der Waals surface area (Å²) in [5.74, 6) is 0.351. The molecule has 80 valence electrons. The summed E-state index contributed by atoms with van der Waals surface area (Å²) in [4.78, 5) is 12.0. The zero-order valence-corrected chi connectivity index (χ0v) is 9.56. The molecule has 1 fully saturated rings. The molecule has 3 unspecified atom stereocenters. The number of amides is 1. The Balaban J connectivity index is 2.42. The third-order valence-electron chi connectivity index (χ3n) is 2.67. The highest BCUT2D eigenvalue weighted by Crippen LogP contribution is 2.29. The van der Waals surface area contributed by atoms with Gasteiger partial charge in [-0.2, -0.15) is 0 Å². The number of carbonyl (C=O) groups is 1. The average Bonchev–Trinajstić information content (AvgIpc) is 2.76. The highest BCUT2D eigenvalue weighted by Gasteiger charge is 2.35. The number of hydrogen-bond donors (Lipinski definition) is 2. The lowest BCUT2D eigenvalue weighted by molar-refractivity contribution is -0.123. The fourth-order valence-electron chi connectivity index (χ4n) is 1.50. The van der Waals surface area contributed by atoms with Crippen LogP contribution in [-0.2, 0) is 4.79 Å². The lowest BCUT2D eigenvalue weighted by Gasteiger charge is -2.14. The van der Waals surface area contributed by atoms with Crippen LogP contribution in [0.2, 0.25) is 0 Å². The van der Waals surface area contributed by atoms with Crippen LogP contribution >= 0.6 is 12.2 Å². The van der Waals surface area contributed by atoms with Crippen molar-refractivity contribution in [3.8, 4) is 0 Å². The Kier molecular flexibility index (Phi) is 3.86. The van der Waals surface area contributed by atoms with E-state index in [9.17, 15) is 4.79 Å². The van der Waals surface area contributed by atoms with E-state index in [1.807, 2.05) is 6.92 Å². The zero-order chi connectivity index (χ0) is 10.7. The first-order chi connectivity index (χ1) is 6.56. The summed E-state index contributed by atoms with van der Waals surface area (Å²) in [6, 6.07) is 0.358. The number of thiocarbonyl (C=S) groups is 1. The summed E-state index contributed by atoms with van der Waals surface area (Å²) in [5.41, 5.74) is 5.53. The van der Waals surface area contributed by atoms with Crippen molar-refractivity contribution >= 4 is 23.1 Å². The molecule has 1 saturated carbocycles. The molecule has 4 heteroatoms. The molecule has 0 radical (unpaired) electrons. The average molecular weight is 214 g/mol. The first-order valence-corrected chi connectivity index (χ1v) is 5.56. The van der Waals surface area contributed by atoms with E-state index in [1.165, 1.54) is 0 Å². The van der Waals surface area contributed by atoms with E-state index in [0.29, 0.717) is 16.9 Å². The Bertz CT molecular complexity index is 242. The van der Waals surface area contributed by atoms with Crippen molar-refractivity contribution in [1.82, 2.24) is 5.32 Å². The molecule has 0 aliphatic heterocycles. The number of nitrogens with two attached hydrogens (primary N) is 1. The van der Waals surface area contributed by atoms with Crippen molar-refractivity contribution in [2.75, 3.05) is 0 Å². The summed E-state index contributed by atoms with van der Waals surface area (Å²) in [6.07, 6.45) is 2.76. The zero-order valence-electron chi connectivity index (χ0n) is 8.75. The van der Waals surface area contributed by atoms with Crippen LogP contribution in [-0.4, -0.2) is 16.9 Å². The third kappa shape index (κ3) is 2.94. The first-order valence-electron chi connectivity index (χ1n) is 5.16. The fourth-order valence-corrected chi connectivity index (χ4v) is 1.72. The second-order valence-corrected chi connectivity index (χ2v) is 4.54. The molecule has 0 aromatic rings. The molecular weight excluding hydrogens is 196 g/mol. The Morgan fingerprint density at radius 2 is 2.29 bits per heavy atom. The van der Waals surface area contributed by atoms with Gasteiger partial charge in [0.15, 0.2) is 0 Å². The standard InChI is InChI=1S/C10H18N2OS/c1-3-4-7(9(11)14)10(13)12-8-5-6(8)2/h6-8H,3-5H2,1-2H3,(H2,11,14)(H,12,13). The monoisotopic (exact) mass is 214 g/mol. The van der Waals surface area contributed by atoms with E-state index in [1.54, 1.807) is 0 Å². The third-order valence-corrected chi connectivity index (χ3v) is 2.96. The minimum Gasteiger partial charge on any atom is -0.393 e. The van der Waals surface area contributed by atoms with Crippen molar-refractivity contribution in [2.45, 2.75) is 39.2 Å². The highest BCUT2D eigenvalue weighted by atomic mass is 32.1. The Labute approximate surface area is 90.4 Å². The quantitative estimate of drug-likeness (QED) is 0.676. The van der Waals surface area contributed by atoms with Gasteiger partial charge in [-0.25, -0.2) is 0 Å². The molecule has 0 bridgehead atoms. The van der Waals surface area contributed by atoms with Crippen LogP contribution in [0.25, 0.3) is 0 Å². The maximum absolute atomic E-state index is 11.7. The minimum absolute atomic E-state index is 0.00806. The molecule has 0 aromatic carbocycles. The lowest BCUT2D eigenvalue weighted by atomic mass is 10.0. The van der Waals surface area contributed by atoms with Crippen LogP contribution < -0.4 is 11.1 Å². The van der Waals surface area contributed by atoms with Crippen LogP contribution in [0.3, 0.4) is 0 Å². The number of rotatable bonds is 5. The number of nitrogens with one attached hydrogen (secondary N) is 1. The number of carbonyl (C=O) groups excluding carboxylic acids is 1. The van der Waals surface area contributed by atoms with Crippen molar-refractivity contribution < 1.29 is 4.79 Å². The lowest BCUT2D eigenvalue weighted by Crippen LogP contribution is -2.39. The van der Waals surface area contributed by atoms with Crippen molar-refractivity contribution in [1.29, 1.82) is 0 Å². The second kappa shape index (κ2) is 4.73. The van der Waals surface area contributed by atoms with Gasteiger partial charge >= 0.3 is 0 Å². The predicted molar refractivity (Wildman–Crippen MR) is 60.9 cm³/mol. The molecule has 3 N–H and O–H groups in total. The van der Waals surface area contributed by atoms with Gasteiger partial charge < -0.3 is 11.1 Å². The Morgan fingerprint density at radius 1 is 1.71 bits per heavy atom. The van der Waals surface area contributed by atoms with Gasteiger partial charge in [0.25, 0.3) is 0 Å². The Hall–Kier alpha value is -0.640. The first kappa shape index (κ1) is 11.4. The van der Waals surface area contributed by atoms with Gasteiger partial charge in [-0.15, -0.1) is 0 Å². The molecule has 1 amide bonds. The molecule has 3 atom stereocenters. The van der Waals surface area contributed by atoms with Crippen LogP contribution in [0, 0.1) is 11.8 Å². The van der Waals surface area contributed by atoms with Crippen LogP contribution in [0.5, 0.6) is 0 Å². The van der Waals surface area contributed by atoms with E-state index >= 15 is 0 Å². The molecule has 14 heavy (non-hydrogen) atoms. The highest BCUT2D eigenvalue weighted by molar-refractivity contribution is 7.80. The summed E-state index contributed by atoms with van der Waals surface area (Å²) in [5, 5.41) is 2.96. The van der Waals surface area contributed by atoms with Crippen molar-refractivity contribution in [2.24, 2.45) is 17.6 Å². The van der Waals surface area contributed by atoms with E-state index in [-0.39, 0.29) is 11.8 Å².